The van der Waals surface area contributed by atoms with Crippen molar-refractivity contribution < 1.29 is 13.2 Å². The molecule has 0 aromatic rings. The maximum absolute atomic E-state index is 11.4. The second kappa shape index (κ2) is 5.29. The van der Waals surface area contributed by atoms with Crippen LogP contribution in [0.1, 0.15) is 13.8 Å². The molecule has 0 rings (SSSR count). The average Bonchev–Trinajstić information content (AvgIpc) is 1.99. The van der Waals surface area contributed by atoms with Crippen molar-refractivity contribution in [1.82, 2.24) is 4.72 Å². The van der Waals surface area contributed by atoms with Gasteiger partial charge in [0.25, 0.3) is 0 Å². The fourth-order valence-corrected chi connectivity index (χ4v) is 2.42. The van der Waals surface area contributed by atoms with E-state index in [-0.39, 0.29) is 12.4 Å². The minimum absolute atomic E-state index is 0.0000694. The summed E-state index contributed by atoms with van der Waals surface area (Å²) in [5, 5.41) is 0.576. The molecule has 0 aliphatic rings. The molecule has 0 saturated heterocycles. The van der Waals surface area contributed by atoms with Crippen molar-refractivity contribution in [3.63, 3.8) is 0 Å². The number of halogens is 1. The Morgan fingerprint density at radius 3 is 2.38 bits per heavy atom. The Labute approximate surface area is 88.2 Å². The third-order valence-electron chi connectivity index (χ3n) is 1.32. The number of hydrogen-bond acceptors (Lipinski definition) is 3. The summed E-state index contributed by atoms with van der Waals surface area (Å²) in [4.78, 5) is 0. The van der Waals surface area contributed by atoms with E-state index >= 15 is 0 Å². The van der Waals surface area contributed by atoms with E-state index in [1.54, 1.807) is 0 Å². The standard InChI is InChI=1S/C7H16BrNO3S/c1-7(2,6-8)9-13(10,11)5-4-12-3/h9H,4-6H2,1-3H3. The number of methoxy groups -OCH3 is 1. The molecule has 0 bridgehead atoms. The molecule has 0 aromatic heterocycles. The summed E-state index contributed by atoms with van der Waals surface area (Å²) in [5.74, 6) is -0.0000694. The van der Waals surface area contributed by atoms with Gasteiger partial charge in [0.05, 0.1) is 12.4 Å². The number of nitrogens with one attached hydrogen (secondary N) is 1. The Morgan fingerprint density at radius 2 is 2.00 bits per heavy atom. The van der Waals surface area contributed by atoms with E-state index in [0.717, 1.165) is 0 Å². The quantitative estimate of drug-likeness (QED) is 0.726. The monoisotopic (exact) mass is 273 g/mol. The minimum Gasteiger partial charge on any atom is -0.384 e. The van der Waals surface area contributed by atoms with Crippen molar-refractivity contribution in [2.45, 2.75) is 19.4 Å². The van der Waals surface area contributed by atoms with Crippen LogP contribution in [0.2, 0.25) is 0 Å². The van der Waals surface area contributed by atoms with Gasteiger partial charge in [-0.2, -0.15) is 0 Å². The molecule has 0 aliphatic carbocycles. The summed E-state index contributed by atoms with van der Waals surface area (Å²) in [6.07, 6.45) is 0. The normalized spacial score (nSPS) is 13.2. The van der Waals surface area contributed by atoms with Crippen LogP contribution in [-0.4, -0.2) is 38.8 Å². The first-order valence-electron chi connectivity index (χ1n) is 3.89. The zero-order valence-corrected chi connectivity index (χ0v) is 10.5. The predicted molar refractivity (Wildman–Crippen MR) is 56.7 cm³/mol. The number of rotatable bonds is 6. The van der Waals surface area contributed by atoms with Gasteiger partial charge in [0, 0.05) is 18.0 Å². The van der Waals surface area contributed by atoms with Gasteiger partial charge in [-0.25, -0.2) is 13.1 Å². The first kappa shape index (κ1) is 13.4. The Hall–Kier alpha value is 0.350. The third-order valence-corrected chi connectivity index (χ3v) is 4.29. The lowest BCUT2D eigenvalue weighted by Crippen LogP contribution is -2.46. The highest BCUT2D eigenvalue weighted by Gasteiger charge is 2.22. The summed E-state index contributed by atoms with van der Waals surface area (Å²) < 4.78 is 30.0. The molecule has 0 spiro atoms. The van der Waals surface area contributed by atoms with E-state index < -0.39 is 15.6 Å². The van der Waals surface area contributed by atoms with E-state index in [1.807, 2.05) is 13.8 Å². The second-order valence-corrected chi connectivity index (χ2v) is 5.83. The highest BCUT2D eigenvalue weighted by Crippen LogP contribution is 2.07. The average molecular weight is 274 g/mol. The lowest BCUT2D eigenvalue weighted by molar-refractivity contribution is 0.216. The third kappa shape index (κ3) is 6.42. The first-order valence-corrected chi connectivity index (χ1v) is 6.67. The number of ether oxygens (including phenoxy) is 1. The van der Waals surface area contributed by atoms with Crippen molar-refractivity contribution in [2.24, 2.45) is 0 Å². The van der Waals surface area contributed by atoms with Gasteiger partial charge in [-0.05, 0) is 13.8 Å². The van der Waals surface area contributed by atoms with Gasteiger partial charge < -0.3 is 4.74 Å². The SMILES string of the molecule is COCCS(=O)(=O)NC(C)(C)CBr. The number of sulfonamides is 1. The van der Waals surface area contributed by atoms with Crippen LogP contribution in [0.15, 0.2) is 0 Å². The Morgan fingerprint density at radius 1 is 1.46 bits per heavy atom. The van der Waals surface area contributed by atoms with E-state index in [2.05, 4.69) is 20.7 Å². The van der Waals surface area contributed by atoms with E-state index in [4.69, 9.17) is 4.74 Å². The van der Waals surface area contributed by atoms with Crippen molar-refractivity contribution in [3.8, 4) is 0 Å². The molecule has 1 N–H and O–H groups in total. The van der Waals surface area contributed by atoms with Crippen molar-refractivity contribution in [1.29, 1.82) is 0 Å². The van der Waals surface area contributed by atoms with Crippen LogP contribution in [-0.2, 0) is 14.8 Å². The summed E-state index contributed by atoms with van der Waals surface area (Å²) in [5.41, 5.74) is -0.452. The van der Waals surface area contributed by atoms with Crippen LogP contribution < -0.4 is 4.72 Å². The molecule has 80 valence electrons. The molecule has 0 aromatic carbocycles. The highest BCUT2D eigenvalue weighted by atomic mass is 79.9. The maximum Gasteiger partial charge on any atom is 0.214 e. The van der Waals surface area contributed by atoms with Crippen molar-refractivity contribution >= 4 is 26.0 Å². The van der Waals surface area contributed by atoms with Crippen LogP contribution in [0.5, 0.6) is 0 Å². The van der Waals surface area contributed by atoms with Crippen LogP contribution in [0, 0.1) is 0 Å². The van der Waals surface area contributed by atoms with Crippen molar-refractivity contribution in [2.75, 3.05) is 24.8 Å². The van der Waals surface area contributed by atoms with Crippen LogP contribution in [0.25, 0.3) is 0 Å². The fourth-order valence-electron chi connectivity index (χ4n) is 0.692. The smallest absolute Gasteiger partial charge is 0.214 e. The lowest BCUT2D eigenvalue weighted by Gasteiger charge is -2.22. The molecule has 0 fully saturated rings. The highest BCUT2D eigenvalue weighted by molar-refractivity contribution is 9.09. The van der Waals surface area contributed by atoms with Crippen LogP contribution in [0.3, 0.4) is 0 Å². The number of hydrogen-bond donors (Lipinski definition) is 1. The first-order chi connectivity index (χ1) is 5.83. The van der Waals surface area contributed by atoms with Gasteiger partial charge in [0.15, 0.2) is 0 Å². The number of alkyl halides is 1. The van der Waals surface area contributed by atoms with E-state index in [0.29, 0.717) is 5.33 Å². The molecule has 4 nitrogen and oxygen atoms in total. The Kier molecular flexibility index (Phi) is 5.43. The van der Waals surface area contributed by atoms with Gasteiger partial charge in [-0.15, -0.1) is 0 Å². The molecule has 0 radical (unpaired) electrons. The molecule has 0 heterocycles. The molecule has 13 heavy (non-hydrogen) atoms. The van der Waals surface area contributed by atoms with Gasteiger partial charge in [0.2, 0.25) is 10.0 Å². The van der Waals surface area contributed by atoms with Crippen LogP contribution >= 0.6 is 15.9 Å². The molecule has 0 amide bonds. The van der Waals surface area contributed by atoms with Crippen LogP contribution in [0.4, 0.5) is 0 Å². The largest absolute Gasteiger partial charge is 0.384 e. The van der Waals surface area contributed by atoms with E-state index in [9.17, 15) is 8.42 Å². The maximum atomic E-state index is 11.4. The summed E-state index contributed by atoms with van der Waals surface area (Å²) >= 11 is 3.23. The molecule has 0 saturated carbocycles. The second-order valence-electron chi connectivity index (χ2n) is 3.43. The minimum atomic E-state index is -3.22. The zero-order valence-electron chi connectivity index (χ0n) is 8.13. The Balaban J connectivity index is 4.18. The van der Waals surface area contributed by atoms with Gasteiger partial charge in [-0.1, -0.05) is 15.9 Å². The molecule has 0 atom stereocenters. The van der Waals surface area contributed by atoms with Gasteiger partial charge in [0.1, 0.15) is 0 Å². The van der Waals surface area contributed by atoms with Gasteiger partial charge in [-0.3, -0.25) is 0 Å². The Bertz CT molecular complexity index is 238. The molecular formula is C7H16BrNO3S. The summed E-state index contributed by atoms with van der Waals surface area (Å²) in [6.45, 7) is 3.84. The van der Waals surface area contributed by atoms with Crippen molar-refractivity contribution in [3.05, 3.63) is 0 Å². The predicted octanol–water partition coefficient (Wildman–Crippen LogP) is 0.726. The molecule has 0 aliphatic heterocycles. The van der Waals surface area contributed by atoms with Gasteiger partial charge >= 0.3 is 0 Å². The zero-order chi connectivity index (χ0) is 10.5. The molecular weight excluding hydrogens is 258 g/mol. The topological polar surface area (TPSA) is 55.4 Å². The summed E-state index contributed by atoms with van der Waals surface area (Å²) in [7, 11) is -1.74. The lowest BCUT2D eigenvalue weighted by atomic mass is 10.1. The molecule has 6 heteroatoms. The fraction of sp³-hybridized carbons (Fsp3) is 1.00. The molecule has 0 unspecified atom stereocenters. The summed E-state index contributed by atoms with van der Waals surface area (Å²) in [6, 6.07) is 0. The van der Waals surface area contributed by atoms with E-state index in [1.165, 1.54) is 7.11 Å².